The molecule has 0 saturated carbocycles. The highest BCUT2D eigenvalue weighted by Gasteiger charge is 2.05. The largest absolute Gasteiger partial charge is 0.388 e. The third kappa shape index (κ3) is 4.28. The van der Waals surface area contributed by atoms with Gasteiger partial charge in [0.2, 0.25) is 0 Å². The van der Waals surface area contributed by atoms with Crippen molar-refractivity contribution in [2.24, 2.45) is 0 Å². The summed E-state index contributed by atoms with van der Waals surface area (Å²) in [5.41, 5.74) is 3.21. The van der Waals surface area contributed by atoms with Gasteiger partial charge < -0.3 is 10.6 Å². The summed E-state index contributed by atoms with van der Waals surface area (Å²) >= 11 is 0. The second-order valence-corrected chi connectivity index (χ2v) is 4.02. The average Bonchev–Trinajstić information content (AvgIpc) is 2.48. The SMILES string of the molecule is C=C/C=C(\C=C/C)N/C=C(\C=O)c1ccccc1NC. The predicted molar refractivity (Wildman–Crippen MR) is 86.3 cm³/mol. The molecule has 0 bridgehead atoms. The number of benzene rings is 1. The number of rotatable bonds is 7. The van der Waals surface area contributed by atoms with Crippen LogP contribution in [0, 0.1) is 0 Å². The topological polar surface area (TPSA) is 41.1 Å². The van der Waals surface area contributed by atoms with E-state index in [2.05, 4.69) is 17.2 Å². The Morgan fingerprint density at radius 3 is 2.65 bits per heavy atom. The van der Waals surface area contributed by atoms with Gasteiger partial charge in [-0.05, 0) is 25.1 Å². The van der Waals surface area contributed by atoms with Crippen LogP contribution in [0.15, 0.2) is 67.0 Å². The second-order valence-electron chi connectivity index (χ2n) is 4.02. The maximum absolute atomic E-state index is 11.3. The minimum atomic E-state index is 0.578. The van der Waals surface area contributed by atoms with Crippen LogP contribution in [0.2, 0.25) is 0 Å². The van der Waals surface area contributed by atoms with Gasteiger partial charge in [0.05, 0.1) is 0 Å². The third-order valence-corrected chi connectivity index (χ3v) is 2.67. The Hall–Kier alpha value is -2.55. The molecule has 0 heterocycles. The van der Waals surface area contributed by atoms with Crippen molar-refractivity contribution in [2.45, 2.75) is 6.92 Å². The molecule has 0 amide bonds. The van der Waals surface area contributed by atoms with Crippen LogP contribution < -0.4 is 10.6 Å². The van der Waals surface area contributed by atoms with Gasteiger partial charge >= 0.3 is 0 Å². The lowest BCUT2D eigenvalue weighted by atomic mass is 10.1. The molecule has 1 aromatic carbocycles. The highest BCUT2D eigenvalue weighted by Crippen LogP contribution is 2.21. The Morgan fingerprint density at radius 2 is 2.05 bits per heavy atom. The first-order valence-electron chi connectivity index (χ1n) is 6.41. The second kappa shape index (κ2) is 8.53. The van der Waals surface area contributed by atoms with Crippen molar-refractivity contribution in [3.63, 3.8) is 0 Å². The summed E-state index contributed by atoms with van der Waals surface area (Å²) in [4.78, 5) is 11.3. The Morgan fingerprint density at radius 1 is 1.30 bits per heavy atom. The minimum Gasteiger partial charge on any atom is -0.388 e. The number of carbonyl (C=O) groups is 1. The van der Waals surface area contributed by atoms with Crippen LogP contribution in [-0.2, 0) is 4.79 Å². The maximum atomic E-state index is 11.3. The number of nitrogens with one attached hydrogen (secondary N) is 2. The highest BCUT2D eigenvalue weighted by molar-refractivity contribution is 6.09. The molecule has 0 aromatic heterocycles. The summed E-state index contributed by atoms with van der Waals surface area (Å²) in [7, 11) is 1.83. The first kappa shape index (κ1) is 15.5. The number of hydrogen-bond donors (Lipinski definition) is 2. The zero-order chi connectivity index (χ0) is 14.8. The molecule has 1 rings (SSSR count). The van der Waals surface area contributed by atoms with Crippen LogP contribution in [0.3, 0.4) is 0 Å². The first-order chi connectivity index (χ1) is 9.76. The molecule has 0 atom stereocenters. The molecule has 1 aromatic rings. The van der Waals surface area contributed by atoms with Gasteiger partial charge in [-0.25, -0.2) is 0 Å². The normalized spacial score (nSPS) is 12.3. The smallest absolute Gasteiger partial charge is 0.152 e. The number of aldehydes is 1. The molecule has 0 unspecified atom stereocenters. The Balaban J connectivity index is 3.06. The van der Waals surface area contributed by atoms with Crippen molar-refractivity contribution in [1.29, 1.82) is 0 Å². The van der Waals surface area contributed by atoms with E-state index in [0.29, 0.717) is 5.57 Å². The highest BCUT2D eigenvalue weighted by atomic mass is 16.1. The van der Waals surface area contributed by atoms with Crippen LogP contribution in [0.1, 0.15) is 12.5 Å². The van der Waals surface area contributed by atoms with E-state index in [-0.39, 0.29) is 0 Å². The molecule has 0 fully saturated rings. The van der Waals surface area contributed by atoms with Crippen LogP contribution in [0.5, 0.6) is 0 Å². The number of para-hydroxylation sites is 1. The van der Waals surface area contributed by atoms with Gasteiger partial charge in [-0.15, -0.1) is 0 Å². The number of anilines is 1. The lowest BCUT2D eigenvalue weighted by Crippen LogP contribution is -2.05. The summed E-state index contributed by atoms with van der Waals surface area (Å²) in [5.74, 6) is 0. The molecule has 20 heavy (non-hydrogen) atoms. The van der Waals surface area contributed by atoms with Gasteiger partial charge in [0, 0.05) is 35.8 Å². The molecule has 104 valence electrons. The number of allylic oxidation sites excluding steroid dienone is 5. The van der Waals surface area contributed by atoms with Crippen LogP contribution >= 0.6 is 0 Å². The Kier molecular flexibility index (Phi) is 6.62. The van der Waals surface area contributed by atoms with Crippen LogP contribution in [0.25, 0.3) is 5.57 Å². The molecule has 0 radical (unpaired) electrons. The van der Waals surface area contributed by atoms with Gasteiger partial charge in [0.25, 0.3) is 0 Å². The van der Waals surface area contributed by atoms with Crippen molar-refractivity contribution in [3.05, 3.63) is 72.6 Å². The predicted octanol–water partition coefficient (Wildman–Crippen LogP) is 3.50. The van der Waals surface area contributed by atoms with Crippen molar-refractivity contribution < 1.29 is 4.79 Å². The van der Waals surface area contributed by atoms with Crippen LogP contribution in [0.4, 0.5) is 5.69 Å². The third-order valence-electron chi connectivity index (χ3n) is 2.67. The molecule has 0 aliphatic carbocycles. The van der Waals surface area contributed by atoms with Crippen molar-refractivity contribution in [3.8, 4) is 0 Å². The summed E-state index contributed by atoms with van der Waals surface area (Å²) in [6, 6.07) is 7.66. The molecule has 3 nitrogen and oxygen atoms in total. The van der Waals surface area contributed by atoms with Gasteiger partial charge in [-0.1, -0.05) is 36.9 Å². The molecule has 0 saturated heterocycles. The average molecular weight is 268 g/mol. The van der Waals surface area contributed by atoms with E-state index in [0.717, 1.165) is 23.2 Å². The van der Waals surface area contributed by atoms with E-state index >= 15 is 0 Å². The Bertz CT molecular complexity index is 554. The molecular formula is C17H20N2O. The van der Waals surface area contributed by atoms with Gasteiger partial charge in [0.1, 0.15) is 0 Å². The fraction of sp³-hybridized carbons (Fsp3) is 0.118. The molecule has 0 aliphatic heterocycles. The van der Waals surface area contributed by atoms with E-state index < -0.39 is 0 Å². The standard InChI is InChI=1S/C17H20N2O/c1-4-8-15(9-5-2)19-12-14(13-20)16-10-6-7-11-17(16)18-3/h4-13,18-19H,1H2,2-3H3/b9-5-,14-12+,15-8+. The summed E-state index contributed by atoms with van der Waals surface area (Å²) < 4.78 is 0. The van der Waals surface area contributed by atoms with Gasteiger partial charge in [-0.2, -0.15) is 0 Å². The molecule has 2 N–H and O–H groups in total. The summed E-state index contributed by atoms with van der Waals surface area (Å²) in [6.45, 7) is 5.59. The van der Waals surface area contributed by atoms with E-state index in [9.17, 15) is 4.79 Å². The molecule has 3 heteroatoms. The van der Waals surface area contributed by atoms with Crippen LogP contribution in [-0.4, -0.2) is 13.3 Å². The molecule has 0 aliphatic rings. The van der Waals surface area contributed by atoms with Crippen molar-refractivity contribution >= 4 is 17.5 Å². The van der Waals surface area contributed by atoms with Gasteiger partial charge in [0.15, 0.2) is 6.29 Å². The van der Waals surface area contributed by atoms with E-state index in [1.807, 2.05) is 56.5 Å². The fourth-order valence-corrected chi connectivity index (χ4v) is 1.75. The quantitative estimate of drug-likeness (QED) is 0.452. The number of hydrogen-bond acceptors (Lipinski definition) is 3. The summed E-state index contributed by atoms with van der Waals surface area (Å²) in [5, 5.41) is 6.18. The molecule has 0 spiro atoms. The van der Waals surface area contributed by atoms with Gasteiger partial charge in [-0.3, -0.25) is 4.79 Å². The Labute approximate surface area is 120 Å². The minimum absolute atomic E-state index is 0.578. The zero-order valence-corrected chi connectivity index (χ0v) is 11.9. The van der Waals surface area contributed by atoms with Crippen molar-refractivity contribution in [2.75, 3.05) is 12.4 Å². The summed E-state index contributed by atoms with van der Waals surface area (Å²) in [6.07, 6.45) is 9.88. The lowest BCUT2D eigenvalue weighted by molar-refractivity contribution is -0.103. The fourth-order valence-electron chi connectivity index (χ4n) is 1.75. The van der Waals surface area contributed by atoms with E-state index in [1.165, 1.54) is 0 Å². The van der Waals surface area contributed by atoms with E-state index in [1.54, 1.807) is 12.3 Å². The zero-order valence-electron chi connectivity index (χ0n) is 11.9. The molecular weight excluding hydrogens is 248 g/mol. The monoisotopic (exact) mass is 268 g/mol. The maximum Gasteiger partial charge on any atom is 0.152 e. The first-order valence-corrected chi connectivity index (χ1v) is 6.41. The van der Waals surface area contributed by atoms with Crippen molar-refractivity contribution in [1.82, 2.24) is 5.32 Å². The number of carbonyl (C=O) groups excluding carboxylic acids is 1. The lowest BCUT2D eigenvalue weighted by Gasteiger charge is -2.09. The van der Waals surface area contributed by atoms with E-state index in [4.69, 9.17) is 0 Å².